The third kappa shape index (κ3) is 3.25. The van der Waals surface area contributed by atoms with E-state index in [1.54, 1.807) is 18.6 Å². The van der Waals surface area contributed by atoms with E-state index < -0.39 is 6.10 Å². The summed E-state index contributed by atoms with van der Waals surface area (Å²) in [5.41, 5.74) is 0.620. The third-order valence-corrected chi connectivity index (χ3v) is 5.87. The maximum absolute atomic E-state index is 12.6. The molecule has 1 amide bonds. The first-order valence-electron chi connectivity index (χ1n) is 9.47. The van der Waals surface area contributed by atoms with E-state index >= 15 is 0 Å². The quantitative estimate of drug-likeness (QED) is 0.842. The first-order valence-corrected chi connectivity index (χ1v) is 9.47. The van der Waals surface area contributed by atoms with Crippen molar-refractivity contribution < 1.29 is 9.90 Å². The maximum Gasteiger partial charge on any atom is 0.269 e. The summed E-state index contributed by atoms with van der Waals surface area (Å²) in [5.74, 6) is 1.01. The highest BCUT2D eigenvalue weighted by Gasteiger charge is 2.36. The van der Waals surface area contributed by atoms with Gasteiger partial charge in [0.05, 0.1) is 12.1 Å². The standard InChI is InChI=1S/C18H26N6O2/c1-23-11-20-22-17(23)12-8-13(16(25)9-12)10-19-18(26)15-6-7-21-24(15)14-4-2-3-5-14/h6-7,11-14,16,25H,2-5,8-10H2,1H3,(H,19,26)/t12-,13+,16+/m0/s1. The van der Waals surface area contributed by atoms with Crippen molar-refractivity contribution >= 4 is 5.91 Å². The van der Waals surface area contributed by atoms with Gasteiger partial charge in [-0.1, -0.05) is 12.8 Å². The second-order valence-electron chi connectivity index (χ2n) is 7.61. The molecular formula is C18H26N6O2. The average molecular weight is 358 g/mol. The van der Waals surface area contributed by atoms with E-state index in [0.29, 0.717) is 24.7 Å². The predicted octanol–water partition coefficient (Wildman–Crippen LogP) is 1.41. The lowest BCUT2D eigenvalue weighted by atomic mass is 10.0. The lowest BCUT2D eigenvalue weighted by molar-refractivity contribution is 0.0903. The zero-order valence-corrected chi connectivity index (χ0v) is 15.1. The topological polar surface area (TPSA) is 97.9 Å². The van der Waals surface area contributed by atoms with Gasteiger partial charge in [-0.2, -0.15) is 5.10 Å². The highest BCUT2D eigenvalue weighted by Crippen LogP contribution is 2.37. The molecule has 3 atom stereocenters. The number of aromatic nitrogens is 5. The molecule has 0 unspecified atom stereocenters. The van der Waals surface area contributed by atoms with Gasteiger partial charge in [0.25, 0.3) is 5.91 Å². The summed E-state index contributed by atoms with van der Waals surface area (Å²) in [7, 11) is 1.92. The van der Waals surface area contributed by atoms with Crippen LogP contribution in [-0.2, 0) is 7.05 Å². The SMILES string of the molecule is Cn1cnnc1[C@H]1C[C@H](CNC(=O)c2ccnn2C2CCCC2)[C@H](O)C1. The van der Waals surface area contributed by atoms with Crippen molar-refractivity contribution in [1.29, 1.82) is 0 Å². The zero-order valence-electron chi connectivity index (χ0n) is 15.1. The van der Waals surface area contributed by atoms with Crippen LogP contribution in [0.4, 0.5) is 0 Å². The summed E-state index contributed by atoms with van der Waals surface area (Å²) in [6.07, 6.45) is 8.97. The Kier molecular flexibility index (Phi) is 4.76. The summed E-state index contributed by atoms with van der Waals surface area (Å²) in [5, 5.41) is 25.8. The number of hydrogen-bond donors (Lipinski definition) is 2. The lowest BCUT2D eigenvalue weighted by Crippen LogP contribution is -2.34. The molecule has 2 aliphatic rings. The summed E-state index contributed by atoms with van der Waals surface area (Å²) in [6, 6.07) is 2.12. The minimum atomic E-state index is -0.434. The molecule has 8 heteroatoms. The average Bonchev–Trinajstić information content (AvgIpc) is 3.39. The van der Waals surface area contributed by atoms with Crippen molar-refractivity contribution in [3.63, 3.8) is 0 Å². The van der Waals surface area contributed by atoms with Crippen LogP contribution in [0.15, 0.2) is 18.6 Å². The van der Waals surface area contributed by atoms with Crippen LogP contribution in [0.1, 0.15) is 66.8 Å². The van der Waals surface area contributed by atoms with E-state index in [-0.39, 0.29) is 17.7 Å². The normalized spacial score (nSPS) is 26.5. The van der Waals surface area contributed by atoms with Crippen molar-refractivity contribution in [3.8, 4) is 0 Å². The monoisotopic (exact) mass is 358 g/mol. The molecule has 0 aliphatic heterocycles. The van der Waals surface area contributed by atoms with Crippen LogP contribution in [0, 0.1) is 5.92 Å². The highest BCUT2D eigenvalue weighted by molar-refractivity contribution is 5.92. The molecule has 2 aliphatic carbocycles. The van der Waals surface area contributed by atoms with Crippen LogP contribution in [0.3, 0.4) is 0 Å². The van der Waals surface area contributed by atoms with Gasteiger partial charge in [-0.15, -0.1) is 10.2 Å². The molecule has 2 aromatic rings. The van der Waals surface area contributed by atoms with E-state index in [1.165, 1.54) is 12.8 Å². The van der Waals surface area contributed by atoms with Crippen LogP contribution < -0.4 is 5.32 Å². The molecule has 0 spiro atoms. The molecule has 2 fully saturated rings. The van der Waals surface area contributed by atoms with Gasteiger partial charge in [0.2, 0.25) is 0 Å². The Hall–Kier alpha value is -2.22. The fourth-order valence-corrected chi connectivity index (χ4v) is 4.44. The molecule has 2 aromatic heterocycles. The number of hydrogen-bond acceptors (Lipinski definition) is 5. The Morgan fingerprint density at radius 1 is 1.35 bits per heavy atom. The molecule has 0 saturated heterocycles. The van der Waals surface area contributed by atoms with Gasteiger partial charge in [-0.25, -0.2) is 0 Å². The van der Waals surface area contributed by atoms with Crippen LogP contribution in [0.5, 0.6) is 0 Å². The molecule has 140 valence electrons. The number of nitrogens with one attached hydrogen (secondary N) is 1. The molecule has 0 radical (unpaired) electrons. The van der Waals surface area contributed by atoms with Crippen LogP contribution in [0.25, 0.3) is 0 Å². The number of nitrogens with zero attached hydrogens (tertiary/aromatic N) is 5. The Balaban J connectivity index is 1.36. The molecule has 4 rings (SSSR count). The second-order valence-corrected chi connectivity index (χ2v) is 7.61. The largest absolute Gasteiger partial charge is 0.393 e. The Bertz CT molecular complexity index is 763. The first-order chi connectivity index (χ1) is 12.6. The summed E-state index contributed by atoms with van der Waals surface area (Å²) >= 11 is 0. The number of rotatable bonds is 5. The summed E-state index contributed by atoms with van der Waals surface area (Å²) in [4.78, 5) is 12.6. The van der Waals surface area contributed by atoms with E-state index in [4.69, 9.17) is 0 Å². The number of carbonyl (C=O) groups excluding carboxylic acids is 1. The van der Waals surface area contributed by atoms with Gasteiger partial charge in [0, 0.05) is 31.6 Å². The Morgan fingerprint density at radius 2 is 2.15 bits per heavy atom. The van der Waals surface area contributed by atoms with Gasteiger partial charge in [-0.3, -0.25) is 9.48 Å². The third-order valence-electron chi connectivity index (χ3n) is 5.87. The van der Waals surface area contributed by atoms with E-state index in [0.717, 1.165) is 25.1 Å². The fraction of sp³-hybridized carbons (Fsp3) is 0.667. The minimum Gasteiger partial charge on any atom is -0.393 e. The van der Waals surface area contributed by atoms with Crippen molar-refractivity contribution in [2.75, 3.05) is 6.54 Å². The molecule has 8 nitrogen and oxygen atoms in total. The first kappa shape index (κ1) is 17.2. The Morgan fingerprint density at radius 3 is 2.88 bits per heavy atom. The maximum atomic E-state index is 12.6. The van der Waals surface area contributed by atoms with Crippen LogP contribution in [-0.4, -0.2) is 48.2 Å². The summed E-state index contributed by atoms with van der Waals surface area (Å²) in [6.45, 7) is 0.462. The number of aliphatic hydroxyl groups is 1. The Labute approximate surface area is 152 Å². The fourth-order valence-electron chi connectivity index (χ4n) is 4.44. The van der Waals surface area contributed by atoms with E-state index in [1.807, 2.05) is 16.3 Å². The molecule has 2 N–H and O–H groups in total. The van der Waals surface area contributed by atoms with Crippen molar-refractivity contribution in [2.45, 2.75) is 56.6 Å². The van der Waals surface area contributed by atoms with E-state index in [2.05, 4.69) is 20.6 Å². The van der Waals surface area contributed by atoms with Crippen molar-refractivity contribution in [1.82, 2.24) is 29.9 Å². The van der Waals surface area contributed by atoms with Gasteiger partial charge in [-0.05, 0) is 31.7 Å². The van der Waals surface area contributed by atoms with Gasteiger partial charge < -0.3 is 15.0 Å². The van der Waals surface area contributed by atoms with Crippen LogP contribution in [0.2, 0.25) is 0 Å². The van der Waals surface area contributed by atoms with Crippen molar-refractivity contribution in [3.05, 3.63) is 30.1 Å². The lowest BCUT2D eigenvalue weighted by Gasteiger charge is -2.17. The van der Waals surface area contributed by atoms with Gasteiger partial charge >= 0.3 is 0 Å². The highest BCUT2D eigenvalue weighted by atomic mass is 16.3. The van der Waals surface area contributed by atoms with Crippen molar-refractivity contribution in [2.24, 2.45) is 13.0 Å². The minimum absolute atomic E-state index is 0.0310. The number of aliphatic hydroxyl groups excluding tert-OH is 1. The molecule has 2 saturated carbocycles. The predicted molar refractivity (Wildman–Crippen MR) is 94.5 cm³/mol. The van der Waals surface area contributed by atoms with E-state index in [9.17, 15) is 9.90 Å². The van der Waals surface area contributed by atoms with Gasteiger partial charge in [0.15, 0.2) is 0 Å². The molecule has 26 heavy (non-hydrogen) atoms. The zero-order chi connectivity index (χ0) is 18.1. The van der Waals surface area contributed by atoms with Crippen LogP contribution >= 0.6 is 0 Å². The molecule has 2 heterocycles. The number of amides is 1. The molecular weight excluding hydrogens is 332 g/mol. The second kappa shape index (κ2) is 7.19. The number of aryl methyl sites for hydroxylation is 1. The smallest absolute Gasteiger partial charge is 0.269 e. The molecule has 0 bridgehead atoms. The van der Waals surface area contributed by atoms with Gasteiger partial charge in [0.1, 0.15) is 17.8 Å². The molecule has 0 aromatic carbocycles. The summed E-state index contributed by atoms with van der Waals surface area (Å²) < 4.78 is 3.77. The number of carbonyl (C=O) groups is 1.